The molecule has 0 spiro atoms. The van der Waals surface area contributed by atoms with Crippen LogP contribution in [-0.2, 0) is 14.3 Å². The van der Waals surface area contributed by atoms with Crippen molar-refractivity contribution in [2.75, 3.05) is 13.2 Å². The Hall–Kier alpha value is -1.10. The summed E-state index contributed by atoms with van der Waals surface area (Å²) in [5, 5.41) is 11.6. The van der Waals surface area contributed by atoms with Gasteiger partial charge in [0.25, 0.3) is 0 Å². The summed E-state index contributed by atoms with van der Waals surface area (Å²) in [7, 11) is 0. The third-order valence-electron chi connectivity index (χ3n) is 3.08. The molecule has 16 heavy (non-hydrogen) atoms. The van der Waals surface area contributed by atoms with E-state index >= 15 is 0 Å². The van der Waals surface area contributed by atoms with Crippen molar-refractivity contribution < 1.29 is 19.4 Å². The lowest BCUT2D eigenvalue weighted by Gasteiger charge is -2.21. The summed E-state index contributed by atoms with van der Waals surface area (Å²) in [5.41, 5.74) is 0. The summed E-state index contributed by atoms with van der Waals surface area (Å²) < 4.78 is 5.10. The minimum atomic E-state index is -0.971. The molecule has 1 fully saturated rings. The minimum Gasteiger partial charge on any atom is -0.480 e. The van der Waals surface area contributed by atoms with Gasteiger partial charge >= 0.3 is 5.97 Å². The van der Waals surface area contributed by atoms with Crippen molar-refractivity contribution in [2.24, 2.45) is 11.8 Å². The number of hydrogen-bond donors (Lipinski definition) is 2. The van der Waals surface area contributed by atoms with Crippen LogP contribution in [0.3, 0.4) is 0 Å². The van der Waals surface area contributed by atoms with Gasteiger partial charge in [-0.1, -0.05) is 20.3 Å². The highest BCUT2D eigenvalue weighted by Crippen LogP contribution is 2.14. The molecule has 0 radical (unpaired) electrons. The van der Waals surface area contributed by atoms with Crippen molar-refractivity contribution in [2.45, 2.75) is 32.7 Å². The van der Waals surface area contributed by atoms with E-state index in [-0.39, 0.29) is 17.7 Å². The van der Waals surface area contributed by atoms with Crippen molar-refractivity contribution in [3.8, 4) is 0 Å². The van der Waals surface area contributed by atoms with Crippen molar-refractivity contribution in [1.29, 1.82) is 0 Å². The van der Waals surface area contributed by atoms with E-state index in [1.54, 1.807) is 0 Å². The van der Waals surface area contributed by atoms with Gasteiger partial charge in [0.2, 0.25) is 5.91 Å². The summed E-state index contributed by atoms with van der Waals surface area (Å²) in [6.07, 6.45) is 1.40. The Morgan fingerprint density at radius 1 is 1.56 bits per heavy atom. The second-order valence-corrected chi connectivity index (χ2v) is 4.27. The Labute approximate surface area is 95.2 Å². The van der Waals surface area contributed by atoms with Gasteiger partial charge in [-0.05, 0) is 12.3 Å². The molecule has 1 aliphatic heterocycles. The predicted octanol–water partition coefficient (Wildman–Crippen LogP) is 0.638. The molecule has 1 amide bonds. The smallest absolute Gasteiger partial charge is 0.326 e. The lowest BCUT2D eigenvalue weighted by molar-refractivity contribution is -0.144. The summed E-state index contributed by atoms with van der Waals surface area (Å²) in [4.78, 5) is 22.7. The van der Waals surface area contributed by atoms with Crippen LogP contribution in [0.15, 0.2) is 0 Å². The van der Waals surface area contributed by atoms with Gasteiger partial charge in [-0.3, -0.25) is 4.79 Å². The van der Waals surface area contributed by atoms with E-state index in [2.05, 4.69) is 5.32 Å². The van der Waals surface area contributed by atoms with Crippen molar-refractivity contribution in [1.82, 2.24) is 5.32 Å². The van der Waals surface area contributed by atoms with Gasteiger partial charge in [-0.2, -0.15) is 0 Å². The van der Waals surface area contributed by atoms with Gasteiger partial charge in [0, 0.05) is 6.61 Å². The molecule has 3 atom stereocenters. The monoisotopic (exact) mass is 229 g/mol. The van der Waals surface area contributed by atoms with Crippen molar-refractivity contribution in [3.63, 3.8) is 0 Å². The van der Waals surface area contributed by atoms with Crippen LogP contribution >= 0.6 is 0 Å². The lowest BCUT2D eigenvalue weighted by Crippen LogP contribution is -2.47. The zero-order valence-corrected chi connectivity index (χ0v) is 9.73. The highest BCUT2D eigenvalue weighted by Gasteiger charge is 2.30. The lowest BCUT2D eigenvalue weighted by atomic mass is 9.98. The molecule has 0 aromatic heterocycles. The number of amides is 1. The normalized spacial score (nSPS) is 23.8. The molecule has 1 saturated heterocycles. The summed E-state index contributed by atoms with van der Waals surface area (Å²) in [6, 6.07) is -0.793. The van der Waals surface area contributed by atoms with Crippen molar-refractivity contribution in [3.05, 3.63) is 0 Å². The van der Waals surface area contributed by atoms with Gasteiger partial charge in [0.05, 0.1) is 12.5 Å². The fraction of sp³-hybridized carbons (Fsp3) is 0.818. The fourth-order valence-electron chi connectivity index (χ4n) is 1.70. The number of hydrogen-bond acceptors (Lipinski definition) is 3. The Morgan fingerprint density at radius 2 is 2.25 bits per heavy atom. The predicted molar refractivity (Wildman–Crippen MR) is 57.9 cm³/mol. The molecule has 92 valence electrons. The SMILES string of the molecule is CC[C@@H](C)[C@@H](NC(=O)[C@H]1CCOC1)C(=O)O. The number of carboxylic acid groups (broad SMARTS) is 1. The first-order valence-corrected chi connectivity index (χ1v) is 5.67. The van der Waals surface area contributed by atoms with Gasteiger partial charge in [0.1, 0.15) is 6.04 Å². The van der Waals surface area contributed by atoms with E-state index in [0.717, 1.165) is 6.42 Å². The summed E-state index contributed by atoms with van der Waals surface area (Å²) in [5.74, 6) is -1.43. The Kier molecular flexibility index (Phi) is 4.73. The first-order chi connectivity index (χ1) is 7.56. The summed E-state index contributed by atoms with van der Waals surface area (Å²) >= 11 is 0. The minimum absolute atomic E-state index is 0.0660. The average Bonchev–Trinajstić information content (AvgIpc) is 2.77. The molecule has 1 aliphatic rings. The third-order valence-corrected chi connectivity index (χ3v) is 3.08. The number of carbonyl (C=O) groups is 2. The van der Waals surface area contributed by atoms with Gasteiger partial charge in [-0.25, -0.2) is 4.79 Å². The van der Waals surface area contributed by atoms with Crippen LogP contribution in [0.2, 0.25) is 0 Å². The largest absolute Gasteiger partial charge is 0.480 e. The molecule has 5 nitrogen and oxygen atoms in total. The molecular weight excluding hydrogens is 210 g/mol. The van der Waals surface area contributed by atoms with E-state index in [0.29, 0.717) is 19.6 Å². The van der Waals surface area contributed by atoms with Crippen LogP contribution in [0.1, 0.15) is 26.7 Å². The van der Waals surface area contributed by atoms with Crippen LogP contribution in [0.4, 0.5) is 0 Å². The van der Waals surface area contributed by atoms with E-state index in [1.807, 2.05) is 13.8 Å². The molecule has 2 N–H and O–H groups in total. The van der Waals surface area contributed by atoms with Crippen LogP contribution in [-0.4, -0.2) is 36.2 Å². The second kappa shape index (κ2) is 5.84. The zero-order valence-electron chi connectivity index (χ0n) is 9.73. The quantitative estimate of drug-likeness (QED) is 0.725. The maximum absolute atomic E-state index is 11.7. The number of carboxylic acids is 1. The molecule has 0 aliphatic carbocycles. The van der Waals surface area contributed by atoms with Gasteiger partial charge < -0.3 is 15.2 Å². The Balaban J connectivity index is 2.53. The van der Waals surface area contributed by atoms with E-state index in [4.69, 9.17) is 9.84 Å². The van der Waals surface area contributed by atoms with Crippen molar-refractivity contribution >= 4 is 11.9 Å². The van der Waals surface area contributed by atoms with Crippen LogP contribution in [0, 0.1) is 11.8 Å². The highest BCUT2D eigenvalue weighted by molar-refractivity contribution is 5.85. The zero-order chi connectivity index (χ0) is 12.1. The molecule has 0 bridgehead atoms. The third kappa shape index (κ3) is 3.20. The number of carbonyl (C=O) groups excluding carboxylic acids is 1. The molecular formula is C11H19NO4. The number of ether oxygens (including phenoxy) is 1. The molecule has 0 saturated carbocycles. The maximum atomic E-state index is 11.7. The Bertz CT molecular complexity index is 261. The molecule has 1 rings (SSSR count). The van der Waals surface area contributed by atoms with Crippen LogP contribution in [0.25, 0.3) is 0 Å². The standard InChI is InChI=1S/C11H19NO4/c1-3-7(2)9(11(14)15)12-10(13)8-4-5-16-6-8/h7-9H,3-6H2,1-2H3,(H,12,13)(H,14,15)/t7-,8+,9-/m1/s1. The highest BCUT2D eigenvalue weighted by atomic mass is 16.5. The topological polar surface area (TPSA) is 75.6 Å². The maximum Gasteiger partial charge on any atom is 0.326 e. The van der Waals surface area contributed by atoms with E-state index in [1.165, 1.54) is 0 Å². The second-order valence-electron chi connectivity index (χ2n) is 4.27. The number of nitrogens with one attached hydrogen (secondary N) is 1. The van der Waals surface area contributed by atoms with Gasteiger partial charge in [0.15, 0.2) is 0 Å². The number of rotatable bonds is 5. The first-order valence-electron chi connectivity index (χ1n) is 5.67. The van der Waals surface area contributed by atoms with Crippen LogP contribution < -0.4 is 5.32 Å². The Morgan fingerprint density at radius 3 is 2.69 bits per heavy atom. The molecule has 1 heterocycles. The van der Waals surface area contributed by atoms with Gasteiger partial charge in [-0.15, -0.1) is 0 Å². The molecule has 5 heteroatoms. The molecule has 0 aromatic carbocycles. The molecule has 0 aromatic rings. The van der Waals surface area contributed by atoms with E-state index in [9.17, 15) is 9.59 Å². The molecule has 0 unspecified atom stereocenters. The first kappa shape index (κ1) is 13.0. The summed E-state index contributed by atoms with van der Waals surface area (Å²) in [6.45, 7) is 4.72. The van der Waals surface area contributed by atoms with Crippen LogP contribution in [0.5, 0.6) is 0 Å². The number of aliphatic carboxylic acids is 1. The van der Waals surface area contributed by atoms with E-state index < -0.39 is 12.0 Å². The average molecular weight is 229 g/mol. The fourth-order valence-corrected chi connectivity index (χ4v) is 1.70.